The molecule has 0 unspecified atom stereocenters. The predicted molar refractivity (Wildman–Crippen MR) is 136 cm³/mol. The van der Waals surface area contributed by atoms with Crippen LogP contribution in [0.2, 0.25) is 15.1 Å². The molecule has 0 radical (unpaired) electrons. The molecule has 5 rings (SSSR count). The molecule has 3 N–H and O–H groups in total. The van der Waals surface area contributed by atoms with Gasteiger partial charge in [-0.2, -0.15) is 0 Å². The molecule has 4 aromatic rings. The summed E-state index contributed by atoms with van der Waals surface area (Å²) in [5.41, 5.74) is 2.74. The summed E-state index contributed by atoms with van der Waals surface area (Å²) >= 11 is 18.1. The van der Waals surface area contributed by atoms with Gasteiger partial charge in [0.25, 0.3) is 0 Å². The fraction of sp³-hybridized carbons (Fsp3) is 0.292. The van der Waals surface area contributed by atoms with Crippen LogP contribution in [0.5, 0.6) is 0 Å². The molecule has 0 aliphatic carbocycles. The number of ether oxygens (including phenoxy) is 2. The summed E-state index contributed by atoms with van der Waals surface area (Å²) in [6.07, 6.45) is -1.20. The summed E-state index contributed by atoms with van der Waals surface area (Å²) in [4.78, 5) is 12.9. The number of hydrogen-bond acceptors (Lipinski definition) is 8. The Balaban J connectivity index is 1.33. The summed E-state index contributed by atoms with van der Waals surface area (Å²) in [6.45, 7) is 0.750. The van der Waals surface area contributed by atoms with Gasteiger partial charge >= 0.3 is 0 Å². The van der Waals surface area contributed by atoms with Gasteiger partial charge in [0.15, 0.2) is 11.9 Å². The monoisotopic (exact) mass is 549 g/mol. The molecule has 0 bridgehead atoms. The van der Waals surface area contributed by atoms with Crippen LogP contribution in [0.15, 0.2) is 55.0 Å². The van der Waals surface area contributed by atoms with E-state index in [1.165, 1.54) is 6.33 Å². The van der Waals surface area contributed by atoms with Crippen LogP contribution in [0.25, 0.3) is 11.2 Å². The summed E-state index contributed by atoms with van der Waals surface area (Å²) in [7, 11) is 0. The zero-order valence-electron chi connectivity index (χ0n) is 18.8. The highest BCUT2D eigenvalue weighted by Gasteiger charge is 2.45. The molecule has 188 valence electrons. The molecule has 2 aromatic heterocycles. The molecule has 12 heteroatoms. The third-order valence-corrected chi connectivity index (χ3v) is 6.84. The van der Waals surface area contributed by atoms with Crippen LogP contribution >= 0.6 is 34.8 Å². The van der Waals surface area contributed by atoms with E-state index in [-0.39, 0.29) is 6.61 Å². The van der Waals surface area contributed by atoms with E-state index in [0.717, 1.165) is 11.1 Å². The van der Waals surface area contributed by atoms with Crippen molar-refractivity contribution in [2.45, 2.75) is 37.7 Å². The molecule has 2 aromatic carbocycles. The first-order chi connectivity index (χ1) is 17.4. The molecule has 3 heterocycles. The Morgan fingerprint density at radius 2 is 1.78 bits per heavy atom. The topological polar surface area (TPSA) is 115 Å². The van der Waals surface area contributed by atoms with Gasteiger partial charge < -0.3 is 25.0 Å². The van der Waals surface area contributed by atoms with Crippen LogP contribution < -0.4 is 5.32 Å². The molecule has 1 saturated heterocycles. The number of nitrogens with one attached hydrogen (secondary N) is 1. The zero-order valence-corrected chi connectivity index (χ0v) is 21.0. The first-order valence-corrected chi connectivity index (χ1v) is 12.2. The number of rotatable bonds is 8. The van der Waals surface area contributed by atoms with Crippen molar-refractivity contribution in [2.75, 3.05) is 11.9 Å². The van der Waals surface area contributed by atoms with Crippen molar-refractivity contribution in [1.82, 2.24) is 19.5 Å². The van der Waals surface area contributed by atoms with Gasteiger partial charge in [0.1, 0.15) is 30.2 Å². The number of anilines is 1. The zero-order chi connectivity index (χ0) is 25.2. The fourth-order valence-corrected chi connectivity index (χ4v) is 4.45. The number of halogens is 3. The second kappa shape index (κ2) is 10.9. The maximum Gasteiger partial charge on any atom is 0.207 e. The van der Waals surface area contributed by atoms with Gasteiger partial charge in [-0.05, 0) is 35.4 Å². The summed E-state index contributed by atoms with van der Waals surface area (Å²) in [5, 5.41) is 26.4. The van der Waals surface area contributed by atoms with Crippen molar-refractivity contribution in [1.29, 1.82) is 0 Å². The molecule has 1 aliphatic heterocycles. The molecule has 1 aliphatic rings. The number of aliphatic hydroxyl groups excluding tert-OH is 2. The Labute approximate surface area is 221 Å². The van der Waals surface area contributed by atoms with Gasteiger partial charge in [0.2, 0.25) is 5.95 Å². The van der Waals surface area contributed by atoms with E-state index in [0.29, 0.717) is 45.3 Å². The van der Waals surface area contributed by atoms with Crippen LogP contribution in [0.1, 0.15) is 17.4 Å². The van der Waals surface area contributed by atoms with E-state index in [2.05, 4.69) is 20.3 Å². The van der Waals surface area contributed by atoms with E-state index < -0.39 is 24.5 Å². The van der Waals surface area contributed by atoms with Gasteiger partial charge in [0, 0.05) is 11.6 Å². The van der Waals surface area contributed by atoms with Crippen molar-refractivity contribution in [2.24, 2.45) is 0 Å². The molecule has 9 nitrogen and oxygen atoms in total. The van der Waals surface area contributed by atoms with E-state index in [4.69, 9.17) is 44.3 Å². The van der Waals surface area contributed by atoms with E-state index in [9.17, 15) is 10.2 Å². The number of benzene rings is 2. The number of aromatic nitrogens is 4. The minimum Gasteiger partial charge on any atom is -0.387 e. The van der Waals surface area contributed by atoms with Gasteiger partial charge in [0.05, 0.1) is 29.5 Å². The lowest BCUT2D eigenvalue weighted by Gasteiger charge is -2.20. The maximum atomic E-state index is 10.9. The van der Waals surface area contributed by atoms with Crippen molar-refractivity contribution in [3.63, 3.8) is 0 Å². The fourth-order valence-electron chi connectivity index (χ4n) is 4.00. The van der Waals surface area contributed by atoms with Crippen molar-refractivity contribution in [3.8, 4) is 0 Å². The Kier molecular flexibility index (Phi) is 7.59. The van der Waals surface area contributed by atoms with E-state index >= 15 is 0 Å². The molecule has 0 spiro atoms. The highest BCUT2D eigenvalue weighted by atomic mass is 35.5. The smallest absolute Gasteiger partial charge is 0.207 e. The third-order valence-electron chi connectivity index (χ3n) is 5.85. The number of hydrogen-bond donors (Lipinski definition) is 3. The van der Waals surface area contributed by atoms with Gasteiger partial charge in [-0.15, -0.1) is 0 Å². The molecule has 0 saturated carbocycles. The highest BCUT2D eigenvalue weighted by Crippen LogP contribution is 2.35. The second-order valence-electron chi connectivity index (χ2n) is 8.33. The van der Waals surface area contributed by atoms with Gasteiger partial charge in [-0.3, -0.25) is 4.57 Å². The van der Waals surface area contributed by atoms with Crippen LogP contribution in [0.4, 0.5) is 5.95 Å². The second-order valence-corrected chi connectivity index (χ2v) is 9.58. The van der Waals surface area contributed by atoms with Gasteiger partial charge in [-0.25, -0.2) is 15.0 Å². The Morgan fingerprint density at radius 3 is 2.56 bits per heavy atom. The first kappa shape index (κ1) is 25.2. The SMILES string of the molecule is O[C@@H]1[C@H](O)[C@@H](COCc2ccc(Cl)cc2)O[C@H]1n1c(NCc2ccc(Cl)c(Cl)c2)nc2cncnc21. The molecule has 4 atom stereocenters. The van der Waals surface area contributed by atoms with E-state index in [1.807, 2.05) is 18.2 Å². The summed E-state index contributed by atoms with van der Waals surface area (Å²) < 4.78 is 13.4. The van der Waals surface area contributed by atoms with Crippen LogP contribution in [0.3, 0.4) is 0 Å². The average molecular weight is 551 g/mol. The molecular weight excluding hydrogens is 529 g/mol. The Bertz CT molecular complexity index is 1350. The minimum atomic E-state index is -1.24. The van der Waals surface area contributed by atoms with Gasteiger partial charge in [-0.1, -0.05) is 53.0 Å². The average Bonchev–Trinajstić information content (AvgIpc) is 3.38. The van der Waals surface area contributed by atoms with Crippen LogP contribution in [-0.2, 0) is 22.6 Å². The predicted octanol–water partition coefficient (Wildman–Crippen LogP) is 4.23. The highest BCUT2D eigenvalue weighted by molar-refractivity contribution is 6.42. The van der Waals surface area contributed by atoms with Crippen LogP contribution in [0, 0.1) is 0 Å². The standard InChI is InChI=1S/C24H22Cl3N5O4/c25-15-4-1-13(2-5-15)10-35-11-19-20(33)21(34)23(36-19)32-22-18(9-28-12-30-22)31-24(32)29-8-14-3-6-16(26)17(27)7-14/h1-7,9,12,19-21,23,33-34H,8,10-11H2,(H,29,31)/t19-,20-,21-,23-/m1/s1. The number of fused-ring (bicyclic) bond motifs is 1. The van der Waals surface area contributed by atoms with Crippen molar-refractivity contribution >= 4 is 51.9 Å². The minimum absolute atomic E-state index is 0.0744. The number of aliphatic hydroxyl groups is 2. The lowest BCUT2D eigenvalue weighted by atomic mass is 10.1. The Hall–Kier alpha value is -2.50. The number of imidazole rings is 1. The molecular formula is C24H22Cl3N5O4. The largest absolute Gasteiger partial charge is 0.387 e. The lowest BCUT2D eigenvalue weighted by Crippen LogP contribution is -2.34. The third kappa shape index (κ3) is 5.28. The van der Waals surface area contributed by atoms with Crippen LogP contribution in [-0.4, -0.2) is 54.7 Å². The van der Waals surface area contributed by atoms with Crippen molar-refractivity contribution < 1.29 is 19.7 Å². The maximum absolute atomic E-state index is 10.9. The van der Waals surface area contributed by atoms with Crippen molar-refractivity contribution in [3.05, 3.63) is 81.2 Å². The normalized spacial score (nSPS) is 21.8. The molecule has 36 heavy (non-hydrogen) atoms. The summed E-state index contributed by atoms with van der Waals surface area (Å²) in [5.74, 6) is 0.385. The Morgan fingerprint density at radius 1 is 1.00 bits per heavy atom. The quantitative estimate of drug-likeness (QED) is 0.299. The summed E-state index contributed by atoms with van der Waals surface area (Å²) in [6, 6.07) is 12.6. The van der Waals surface area contributed by atoms with E-state index in [1.54, 1.807) is 35.0 Å². The lowest BCUT2D eigenvalue weighted by molar-refractivity contribution is -0.0675. The molecule has 1 fully saturated rings. The first-order valence-electron chi connectivity index (χ1n) is 11.1. The molecule has 0 amide bonds. The number of nitrogens with zero attached hydrogens (tertiary/aromatic N) is 4.